The molecule has 1 aromatic carbocycles. The standard InChI is InChI=1S/C16H27N3O2/c1-5-7-10-19(12(3)6-2)15-11-13(21-4)8-9-14(15)16(17)18-20/h8-9,11-12,20H,5-7,10H2,1-4H3,(H2,17,18). The van der Waals surface area contributed by atoms with Gasteiger partial charge in [0.25, 0.3) is 0 Å². The molecule has 5 heteroatoms. The Hall–Kier alpha value is -1.91. The molecule has 0 saturated carbocycles. The number of oxime groups is 1. The Bertz CT molecular complexity index is 475. The number of ether oxygens (including phenoxy) is 1. The van der Waals surface area contributed by atoms with Crippen LogP contribution in [0.15, 0.2) is 23.4 Å². The van der Waals surface area contributed by atoms with Gasteiger partial charge in [-0.15, -0.1) is 0 Å². The fourth-order valence-corrected chi connectivity index (χ4v) is 2.27. The molecule has 0 aromatic heterocycles. The van der Waals surface area contributed by atoms with E-state index in [1.54, 1.807) is 7.11 Å². The number of hydrogen-bond acceptors (Lipinski definition) is 4. The molecule has 1 atom stereocenters. The van der Waals surface area contributed by atoms with E-state index in [1.807, 2.05) is 18.2 Å². The molecule has 5 nitrogen and oxygen atoms in total. The predicted octanol–water partition coefficient (Wildman–Crippen LogP) is 3.19. The van der Waals surface area contributed by atoms with E-state index in [0.717, 1.165) is 42.8 Å². The highest BCUT2D eigenvalue weighted by atomic mass is 16.5. The van der Waals surface area contributed by atoms with Crippen LogP contribution in [-0.2, 0) is 0 Å². The molecule has 0 spiro atoms. The molecule has 1 rings (SSSR count). The zero-order chi connectivity index (χ0) is 15.8. The first kappa shape index (κ1) is 17.1. The van der Waals surface area contributed by atoms with E-state index in [2.05, 4.69) is 30.8 Å². The van der Waals surface area contributed by atoms with Crippen molar-refractivity contribution < 1.29 is 9.94 Å². The van der Waals surface area contributed by atoms with Crippen LogP contribution in [0.3, 0.4) is 0 Å². The number of benzene rings is 1. The summed E-state index contributed by atoms with van der Waals surface area (Å²) in [5, 5.41) is 12.2. The smallest absolute Gasteiger partial charge is 0.172 e. The normalized spacial score (nSPS) is 13.0. The lowest BCUT2D eigenvalue weighted by atomic mass is 10.1. The van der Waals surface area contributed by atoms with Crippen LogP contribution in [0.5, 0.6) is 5.75 Å². The molecular formula is C16H27N3O2. The maximum atomic E-state index is 9.01. The molecule has 0 fully saturated rings. The van der Waals surface area contributed by atoms with Crippen LogP contribution in [0.25, 0.3) is 0 Å². The van der Waals surface area contributed by atoms with Crippen molar-refractivity contribution in [2.75, 3.05) is 18.6 Å². The lowest BCUT2D eigenvalue weighted by Gasteiger charge is -2.32. The number of unbranched alkanes of at least 4 members (excludes halogenated alkanes) is 1. The van der Waals surface area contributed by atoms with E-state index in [4.69, 9.17) is 15.7 Å². The van der Waals surface area contributed by atoms with Gasteiger partial charge in [0, 0.05) is 24.2 Å². The molecule has 0 bridgehead atoms. The monoisotopic (exact) mass is 293 g/mol. The maximum Gasteiger partial charge on any atom is 0.172 e. The molecule has 0 aliphatic carbocycles. The summed E-state index contributed by atoms with van der Waals surface area (Å²) in [4.78, 5) is 2.30. The summed E-state index contributed by atoms with van der Waals surface area (Å²) in [5.41, 5.74) is 7.51. The van der Waals surface area contributed by atoms with Gasteiger partial charge >= 0.3 is 0 Å². The minimum absolute atomic E-state index is 0.123. The summed E-state index contributed by atoms with van der Waals surface area (Å²) in [5.74, 6) is 0.891. The third-order valence-corrected chi connectivity index (χ3v) is 3.77. The molecule has 0 heterocycles. The van der Waals surface area contributed by atoms with Crippen molar-refractivity contribution in [1.29, 1.82) is 0 Å². The van der Waals surface area contributed by atoms with Gasteiger partial charge < -0.3 is 20.6 Å². The largest absolute Gasteiger partial charge is 0.497 e. The molecule has 0 aliphatic heterocycles. The lowest BCUT2D eigenvalue weighted by Crippen LogP contribution is -2.35. The van der Waals surface area contributed by atoms with Crippen molar-refractivity contribution in [2.24, 2.45) is 10.9 Å². The van der Waals surface area contributed by atoms with E-state index in [-0.39, 0.29) is 5.84 Å². The Morgan fingerprint density at radius 1 is 1.43 bits per heavy atom. The van der Waals surface area contributed by atoms with Crippen molar-refractivity contribution in [3.05, 3.63) is 23.8 Å². The van der Waals surface area contributed by atoms with Crippen molar-refractivity contribution in [3.8, 4) is 5.75 Å². The quantitative estimate of drug-likeness (QED) is 0.334. The van der Waals surface area contributed by atoms with E-state index >= 15 is 0 Å². The topological polar surface area (TPSA) is 71.1 Å². The van der Waals surface area contributed by atoms with Crippen LogP contribution in [0.1, 0.15) is 45.6 Å². The van der Waals surface area contributed by atoms with Crippen molar-refractivity contribution in [1.82, 2.24) is 0 Å². The van der Waals surface area contributed by atoms with Gasteiger partial charge in [-0.1, -0.05) is 25.4 Å². The zero-order valence-electron chi connectivity index (χ0n) is 13.5. The molecular weight excluding hydrogens is 266 g/mol. The Morgan fingerprint density at radius 2 is 2.14 bits per heavy atom. The number of anilines is 1. The first-order chi connectivity index (χ1) is 10.1. The summed E-state index contributed by atoms with van der Waals surface area (Å²) in [6.07, 6.45) is 3.24. The minimum atomic E-state index is 0.123. The number of amidine groups is 1. The predicted molar refractivity (Wildman–Crippen MR) is 87.5 cm³/mol. The molecule has 21 heavy (non-hydrogen) atoms. The number of hydrogen-bond donors (Lipinski definition) is 2. The second-order valence-corrected chi connectivity index (χ2v) is 5.17. The van der Waals surface area contributed by atoms with Crippen LogP contribution >= 0.6 is 0 Å². The fourth-order valence-electron chi connectivity index (χ4n) is 2.27. The highest BCUT2D eigenvalue weighted by Crippen LogP contribution is 2.28. The van der Waals surface area contributed by atoms with Gasteiger partial charge in [0.05, 0.1) is 12.8 Å². The van der Waals surface area contributed by atoms with Crippen LogP contribution in [0.4, 0.5) is 5.69 Å². The lowest BCUT2D eigenvalue weighted by molar-refractivity contribution is 0.318. The highest BCUT2D eigenvalue weighted by molar-refractivity contribution is 6.02. The summed E-state index contributed by atoms with van der Waals surface area (Å²) < 4.78 is 5.32. The number of nitrogens with zero attached hydrogens (tertiary/aromatic N) is 2. The average molecular weight is 293 g/mol. The SMILES string of the molecule is CCCCN(c1cc(OC)ccc1/C(N)=N/O)C(C)CC. The third kappa shape index (κ3) is 4.28. The summed E-state index contributed by atoms with van der Waals surface area (Å²) >= 11 is 0. The van der Waals surface area contributed by atoms with Gasteiger partial charge in [-0.25, -0.2) is 0 Å². The van der Waals surface area contributed by atoms with Crippen molar-refractivity contribution >= 4 is 11.5 Å². The number of nitrogens with two attached hydrogens (primary N) is 1. The van der Waals surface area contributed by atoms with Gasteiger partial charge in [-0.2, -0.15) is 0 Å². The first-order valence-corrected chi connectivity index (χ1v) is 7.51. The number of rotatable bonds is 8. The van der Waals surface area contributed by atoms with Crippen molar-refractivity contribution in [3.63, 3.8) is 0 Å². The molecule has 0 amide bonds. The van der Waals surface area contributed by atoms with Crippen molar-refractivity contribution in [2.45, 2.75) is 46.1 Å². The minimum Gasteiger partial charge on any atom is -0.497 e. The van der Waals surface area contributed by atoms with Gasteiger partial charge in [0.1, 0.15) is 5.75 Å². The van der Waals surface area contributed by atoms with Crippen LogP contribution in [0, 0.1) is 0 Å². The van der Waals surface area contributed by atoms with E-state index in [0.29, 0.717) is 6.04 Å². The van der Waals surface area contributed by atoms with Crippen LogP contribution < -0.4 is 15.4 Å². The van der Waals surface area contributed by atoms with Gasteiger partial charge in [0.2, 0.25) is 0 Å². The second-order valence-electron chi connectivity index (χ2n) is 5.17. The first-order valence-electron chi connectivity index (χ1n) is 7.51. The number of methoxy groups -OCH3 is 1. The molecule has 1 unspecified atom stereocenters. The van der Waals surface area contributed by atoms with E-state index in [9.17, 15) is 0 Å². The summed E-state index contributed by atoms with van der Waals surface area (Å²) in [6.45, 7) is 7.45. The maximum absolute atomic E-state index is 9.01. The van der Waals surface area contributed by atoms with Gasteiger partial charge in [0.15, 0.2) is 5.84 Å². The second kappa shape index (κ2) is 8.39. The van der Waals surface area contributed by atoms with E-state index in [1.165, 1.54) is 0 Å². The Kier molecular flexibility index (Phi) is 6.85. The molecule has 118 valence electrons. The molecule has 1 aromatic rings. The van der Waals surface area contributed by atoms with Crippen LogP contribution in [0.2, 0.25) is 0 Å². The van der Waals surface area contributed by atoms with Gasteiger partial charge in [-0.3, -0.25) is 0 Å². The summed E-state index contributed by atoms with van der Waals surface area (Å²) in [7, 11) is 1.64. The highest BCUT2D eigenvalue weighted by Gasteiger charge is 2.19. The summed E-state index contributed by atoms with van der Waals surface area (Å²) in [6, 6.07) is 5.99. The van der Waals surface area contributed by atoms with Crippen LogP contribution in [-0.4, -0.2) is 30.7 Å². The zero-order valence-corrected chi connectivity index (χ0v) is 13.5. The average Bonchev–Trinajstić information content (AvgIpc) is 2.53. The fraction of sp³-hybridized carbons (Fsp3) is 0.562. The molecule has 0 radical (unpaired) electrons. The Labute approximate surface area is 127 Å². The Balaban J connectivity index is 3.30. The van der Waals surface area contributed by atoms with Gasteiger partial charge in [-0.05, 0) is 31.9 Å². The molecule has 0 aliphatic rings. The van der Waals surface area contributed by atoms with E-state index < -0.39 is 0 Å². The third-order valence-electron chi connectivity index (χ3n) is 3.77. The molecule has 0 saturated heterocycles. The molecule has 3 N–H and O–H groups in total. The Morgan fingerprint density at radius 3 is 2.67 bits per heavy atom.